The van der Waals surface area contributed by atoms with Crippen LogP contribution < -0.4 is 5.43 Å². The van der Waals surface area contributed by atoms with Gasteiger partial charge in [-0.25, -0.2) is 20.0 Å². The van der Waals surface area contributed by atoms with Gasteiger partial charge in [0, 0.05) is 4.11 Å². The number of hydrogen-bond donors (Lipinski definition) is 1. The Hall–Kier alpha value is -2.24. The Morgan fingerprint density at radius 3 is 2.55 bits per heavy atom. The minimum absolute atomic E-state index is 0.0601. The molecule has 1 aromatic carbocycles. The van der Waals surface area contributed by atoms with Crippen LogP contribution in [0.1, 0.15) is 44.6 Å². The van der Waals surface area contributed by atoms with Crippen LogP contribution in [-0.2, 0) is 9.47 Å². The zero-order chi connectivity index (χ0) is 22.7. The van der Waals surface area contributed by atoms with E-state index in [9.17, 15) is 9.59 Å². The number of carbonyl (C=O) groups excluding carboxylic acids is 2. The van der Waals surface area contributed by atoms with E-state index in [0.717, 1.165) is 0 Å². The van der Waals surface area contributed by atoms with Crippen molar-refractivity contribution in [2.24, 2.45) is 0 Å². The molecule has 1 N–H and O–H groups in total. The third kappa shape index (κ3) is 4.46. The topological polar surface area (TPSA) is 67.9 Å². The van der Waals surface area contributed by atoms with Crippen molar-refractivity contribution in [3.63, 3.8) is 0 Å². The molecule has 2 amide bonds. The highest BCUT2D eigenvalue weighted by atomic mass is 16.6. The Morgan fingerprint density at radius 1 is 1.35 bits per heavy atom. The Bertz CT molecular complexity index is 773. The fourth-order valence-electron chi connectivity index (χ4n) is 1.12. The molecule has 0 saturated heterocycles. The maximum absolute atomic E-state index is 12.4. The minimum Gasteiger partial charge on any atom is -0.449 e. The lowest BCUT2D eigenvalue weighted by Gasteiger charge is -2.28. The minimum atomic E-state index is -3.49. The number of benzene rings is 1. The van der Waals surface area contributed by atoms with Gasteiger partial charge >= 0.3 is 12.2 Å². The number of rotatable bonds is 4. The summed E-state index contributed by atoms with van der Waals surface area (Å²) in [6, 6.07) is -8.05. The van der Waals surface area contributed by atoms with Gasteiger partial charge in [-0.3, -0.25) is 0 Å². The predicted molar refractivity (Wildman–Crippen MR) is 73.9 cm³/mol. The molecule has 0 aliphatic rings. The molecule has 1 rings (SSSR count). The van der Waals surface area contributed by atoms with Gasteiger partial charge in [0.2, 0.25) is 0 Å². The molecule has 20 heavy (non-hydrogen) atoms. The van der Waals surface area contributed by atoms with Crippen LogP contribution in [0.15, 0.2) is 30.2 Å². The fourth-order valence-corrected chi connectivity index (χ4v) is 1.12. The number of nitrogens with one attached hydrogen (secondary N) is 1. The molecule has 0 aromatic heterocycles. The lowest BCUT2D eigenvalue weighted by atomic mass is 10.1. The zero-order valence-electron chi connectivity index (χ0n) is 20.0. The first-order valence-corrected chi connectivity index (χ1v) is 5.73. The predicted octanol–water partition coefficient (Wildman–Crippen LogP) is 2.87. The van der Waals surface area contributed by atoms with Crippen LogP contribution in [0.5, 0.6) is 0 Å². The highest BCUT2D eigenvalue weighted by molar-refractivity contribution is 5.74. The summed E-state index contributed by atoms with van der Waals surface area (Å²) in [6.07, 6.45) is -2.81. The SMILES string of the molecule is [2H]c1c([2H])c([2H])c(C([2H])(N(NC(=O)OCC)C(=O)OCC)C([2H])([2H])[2H])c([2H])c1[2H]. The molecule has 0 bridgehead atoms. The number of hydrogen-bond acceptors (Lipinski definition) is 4. The standard InChI is InChI=1S/C14H20N2O4/c1-4-19-13(17)15-16(14(18)20-5-2)11(3)12-9-7-6-8-10-12/h6-11H,4-5H2,1-3H3,(H,15,17)/i3D3,6D,7D,8D,9D,10D,11D. The summed E-state index contributed by atoms with van der Waals surface area (Å²) in [6.45, 7) is -1.10. The fraction of sp³-hybridized carbons (Fsp3) is 0.429. The van der Waals surface area contributed by atoms with E-state index in [0.29, 0.717) is 0 Å². The van der Waals surface area contributed by atoms with Crippen molar-refractivity contribution >= 4 is 12.2 Å². The summed E-state index contributed by atoms with van der Waals surface area (Å²) in [7, 11) is 0. The van der Waals surface area contributed by atoms with Gasteiger partial charge in [-0.15, -0.1) is 0 Å². The van der Waals surface area contributed by atoms with Gasteiger partial charge in [-0.2, -0.15) is 0 Å². The summed E-state index contributed by atoms with van der Waals surface area (Å²) in [4.78, 5) is 24.3. The Labute approximate surface area is 131 Å². The second-order valence-electron chi connectivity index (χ2n) is 3.22. The van der Waals surface area contributed by atoms with E-state index < -0.39 is 60.8 Å². The molecular weight excluding hydrogens is 260 g/mol. The van der Waals surface area contributed by atoms with Gasteiger partial charge in [0.1, 0.15) is 0 Å². The number of hydrazine groups is 1. The summed E-state index contributed by atoms with van der Waals surface area (Å²) >= 11 is 0. The van der Waals surface area contributed by atoms with Gasteiger partial charge < -0.3 is 9.47 Å². The van der Waals surface area contributed by atoms with E-state index in [-0.39, 0.29) is 18.2 Å². The van der Waals surface area contributed by atoms with Gasteiger partial charge in [0.15, 0.2) is 0 Å². The van der Waals surface area contributed by atoms with Crippen molar-refractivity contribution in [2.45, 2.75) is 26.7 Å². The molecule has 6 nitrogen and oxygen atoms in total. The monoisotopic (exact) mass is 289 g/mol. The zero-order valence-corrected chi connectivity index (χ0v) is 11.0. The van der Waals surface area contributed by atoms with Gasteiger partial charge in [-0.05, 0) is 26.3 Å². The molecular formula is C14H20N2O4. The summed E-state index contributed by atoms with van der Waals surface area (Å²) in [5.74, 6) is 0. The number of amides is 2. The third-order valence-electron chi connectivity index (χ3n) is 1.89. The maximum atomic E-state index is 12.4. The van der Waals surface area contributed by atoms with Crippen LogP contribution >= 0.6 is 0 Å². The first-order valence-electron chi connectivity index (χ1n) is 10.2. The number of carbonyl (C=O) groups is 2. The Morgan fingerprint density at radius 2 is 2.00 bits per heavy atom. The summed E-state index contributed by atoms with van der Waals surface area (Å²) in [5, 5.41) is -0.0601. The molecule has 0 saturated carbocycles. The molecule has 0 spiro atoms. The normalized spacial score (nSPS) is 20.0. The second kappa shape index (κ2) is 8.04. The van der Waals surface area contributed by atoms with E-state index in [2.05, 4.69) is 4.74 Å². The average molecular weight is 289 g/mol. The highest BCUT2D eigenvalue weighted by Gasteiger charge is 2.25. The van der Waals surface area contributed by atoms with Crippen LogP contribution in [0, 0.1) is 0 Å². The lowest BCUT2D eigenvalue weighted by Crippen LogP contribution is -2.48. The van der Waals surface area contributed by atoms with E-state index in [1.165, 1.54) is 13.8 Å². The van der Waals surface area contributed by atoms with Crippen molar-refractivity contribution in [1.29, 1.82) is 0 Å². The van der Waals surface area contributed by atoms with Crippen LogP contribution in [0.2, 0.25) is 0 Å². The van der Waals surface area contributed by atoms with E-state index >= 15 is 0 Å². The van der Waals surface area contributed by atoms with E-state index in [4.69, 9.17) is 17.1 Å². The third-order valence-corrected chi connectivity index (χ3v) is 1.89. The molecule has 1 unspecified atom stereocenters. The maximum Gasteiger partial charge on any atom is 0.429 e. The Balaban J connectivity index is 3.90. The first kappa shape index (κ1) is 6.97. The van der Waals surface area contributed by atoms with Crippen LogP contribution in [0.3, 0.4) is 0 Å². The number of nitrogens with zero attached hydrogens (tertiary/aromatic N) is 1. The van der Waals surface area contributed by atoms with Crippen molar-refractivity contribution < 1.29 is 31.4 Å². The number of ether oxygens (including phenoxy) is 2. The Kier molecular flexibility index (Phi) is 2.80. The average Bonchev–Trinajstić information content (AvgIpc) is 2.62. The molecule has 1 aromatic rings. The van der Waals surface area contributed by atoms with Crippen molar-refractivity contribution in [1.82, 2.24) is 10.4 Å². The molecule has 0 heterocycles. The molecule has 0 fully saturated rings. The van der Waals surface area contributed by atoms with Crippen molar-refractivity contribution in [3.8, 4) is 0 Å². The van der Waals surface area contributed by atoms with Crippen LogP contribution in [0.4, 0.5) is 9.59 Å². The molecule has 6 heteroatoms. The highest BCUT2D eigenvalue weighted by Crippen LogP contribution is 2.18. The largest absolute Gasteiger partial charge is 0.449 e. The van der Waals surface area contributed by atoms with Crippen LogP contribution in [0.25, 0.3) is 0 Å². The molecule has 110 valence electrons. The van der Waals surface area contributed by atoms with Gasteiger partial charge in [-0.1, -0.05) is 30.2 Å². The molecule has 1 atom stereocenters. The second-order valence-corrected chi connectivity index (χ2v) is 3.22. The van der Waals surface area contributed by atoms with Crippen molar-refractivity contribution in [3.05, 3.63) is 35.8 Å². The lowest BCUT2D eigenvalue weighted by molar-refractivity contribution is 0.0582. The molecule has 0 aliphatic carbocycles. The summed E-state index contributed by atoms with van der Waals surface area (Å²) < 4.78 is 80.3. The van der Waals surface area contributed by atoms with Gasteiger partial charge in [0.05, 0.1) is 27.5 Å². The first-order chi connectivity index (χ1) is 13.2. The molecule has 0 radical (unpaired) electrons. The van der Waals surface area contributed by atoms with Gasteiger partial charge in [0.25, 0.3) is 0 Å². The summed E-state index contributed by atoms with van der Waals surface area (Å²) in [5.41, 5.74) is 0.722. The van der Waals surface area contributed by atoms with Crippen LogP contribution in [-0.4, -0.2) is 30.4 Å². The van der Waals surface area contributed by atoms with E-state index in [1.54, 1.807) is 5.43 Å². The quantitative estimate of drug-likeness (QED) is 0.865. The van der Waals surface area contributed by atoms with Crippen molar-refractivity contribution in [2.75, 3.05) is 13.2 Å². The smallest absolute Gasteiger partial charge is 0.429 e. The molecule has 0 aliphatic heterocycles. The van der Waals surface area contributed by atoms with E-state index in [1.807, 2.05) is 0 Å².